The molecule has 2 atom stereocenters. The number of hydrogen-bond donors (Lipinski definition) is 3. The van der Waals surface area contributed by atoms with E-state index in [-0.39, 0.29) is 18.9 Å². The van der Waals surface area contributed by atoms with E-state index >= 15 is 0 Å². The van der Waals surface area contributed by atoms with Crippen molar-refractivity contribution in [3.05, 3.63) is 59.7 Å². The third-order valence-corrected chi connectivity index (χ3v) is 5.78. The highest BCUT2D eigenvalue weighted by Crippen LogP contribution is 2.44. The van der Waals surface area contributed by atoms with E-state index in [0.717, 1.165) is 22.3 Å². The van der Waals surface area contributed by atoms with Crippen LogP contribution in [0.3, 0.4) is 0 Å². The van der Waals surface area contributed by atoms with Crippen LogP contribution in [0.5, 0.6) is 0 Å². The zero-order chi connectivity index (χ0) is 24.7. The number of carboxylic acids is 1. The SMILES string of the molecule is CCCC(CC(=O)NC(CC(F)F)C(=O)O)NC(=O)OCC1c2ccccc2-c2ccccc21. The minimum atomic E-state index is -2.87. The zero-order valence-electron chi connectivity index (χ0n) is 18.8. The molecular weight excluding hydrogens is 446 g/mol. The number of amides is 2. The van der Waals surface area contributed by atoms with Gasteiger partial charge in [-0.15, -0.1) is 0 Å². The van der Waals surface area contributed by atoms with Crippen LogP contribution in [0.25, 0.3) is 11.1 Å². The van der Waals surface area contributed by atoms with E-state index in [9.17, 15) is 23.2 Å². The molecule has 1 aliphatic rings. The number of halogens is 2. The molecule has 0 radical (unpaired) electrons. The second kappa shape index (κ2) is 11.6. The fourth-order valence-corrected chi connectivity index (χ4v) is 4.26. The Kier molecular flexibility index (Phi) is 8.56. The van der Waals surface area contributed by atoms with Crippen molar-refractivity contribution in [1.29, 1.82) is 0 Å². The van der Waals surface area contributed by atoms with Gasteiger partial charge in [-0.2, -0.15) is 0 Å². The summed E-state index contributed by atoms with van der Waals surface area (Å²) in [5.41, 5.74) is 4.34. The third kappa shape index (κ3) is 6.30. The molecule has 7 nitrogen and oxygen atoms in total. The highest BCUT2D eigenvalue weighted by atomic mass is 19.3. The summed E-state index contributed by atoms with van der Waals surface area (Å²) in [6, 6.07) is 13.5. The Morgan fingerprint density at radius 2 is 1.59 bits per heavy atom. The molecule has 3 N–H and O–H groups in total. The van der Waals surface area contributed by atoms with Crippen molar-refractivity contribution in [2.24, 2.45) is 0 Å². The first kappa shape index (κ1) is 25.1. The number of hydrogen-bond acceptors (Lipinski definition) is 4. The van der Waals surface area contributed by atoms with Crippen LogP contribution in [0.15, 0.2) is 48.5 Å². The topological polar surface area (TPSA) is 105 Å². The minimum Gasteiger partial charge on any atom is -0.480 e. The third-order valence-electron chi connectivity index (χ3n) is 5.78. The van der Waals surface area contributed by atoms with Gasteiger partial charge in [-0.3, -0.25) is 4.79 Å². The molecule has 0 aliphatic heterocycles. The van der Waals surface area contributed by atoms with Crippen molar-refractivity contribution in [2.75, 3.05) is 6.61 Å². The molecule has 0 aromatic heterocycles. The number of carbonyl (C=O) groups is 3. The van der Waals surface area contributed by atoms with Gasteiger partial charge in [0.1, 0.15) is 12.6 Å². The lowest BCUT2D eigenvalue weighted by molar-refractivity contribution is -0.143. The van der Waals surface area contributed by atoms with E-state index in [4.69, 9.17) is 9.84 Å². The maximum Gasteiger partial charge on any atom is 0.407 e. The van der Waals surface area contributed by atoms with Crippen molar-refractivity contribution < 1.29 is 33.0 Å². The quantitative estimate of drug-likeness (QED) is 0.450. The molecule has 2 aromatic rings. The number of nitrogens with one attached hydrogen (secondary N) is 2. The first-order valence-corrected chi connectivity index (χ1v) is 11.2. The molecule has 2 aromatic carbocycles. The lowest BCUT2D eigenvalue weighted by Gasteiger charge is -2.20. The Morgan fingerprint density at radius 3 is 2.12 bits per heavy atom. The summed E-state index contributed by atoms with van der Waals surface area (Å²) in [5.74, 6) is -2.38. The van der Waals surface area contributed by atoms with Crippen molar-refractivity contribution in [2.45, 2.75) is 57.0 Å². The number of carbonyl (C=O) groups excluding carboxylic acids is 2. The van der Waals surface area contributed by atoms with Crippen LogP contribution in [-0.2, 0) is 14.3 Å². The van der Waals surface area contributed by atoms with Gasteiger partial charge in [-0.05, 0) is 28.7 Å². The highest BCUT2D eigenvalue weighted by molar-refractivity contribution is 5.84. The fraction of sp³-hybridized carbons (Fsp3) is 0.400. The van der Waals surface area contributed by atoms with Gasteiger partial charge in [0.25, 0.3) is 0 Å². The van der Waals surface area contributed by atoms with E-state index in [1.165, 1.54) is 0 Å². The van der Waals surface area contributed by atoms with E-state index in [0.29, 0.717) is 12.8 Å². The van der Waals surface area contributed by atoms with E-state index in [1.54, 1.807) is 0 Å². The van der Waals surface area contributed by atoms with E-state index < -0.39 is 42.9 Å². The molecule has 0 fully saturated rings. The zero-order valence-corrected chi connectivity index (χ0v) is 18.8. The van der Waals surface area contributed by atoms with Crippen molar-refractivity contribution in [1.82, 2.24) is 10.6 Å². The summed E-state index contributed by atoms with van der Waals surface area (Å²) < 4.78 is 30.6. The number of alkyl halides is 2. The van der Waals surface area contributed by atoms with Gasteiger partial charge in [0.2, 0.25) is 12.3 Å². The summed E-state index contributed by atoms with van der Waals surface area (Å²) in [5, 5.41) is 13.8. The number of aliphatic carboxylic acids is 1. The van der Waals surface area contributed by atoms with Crippen LogP contribution in [0, 0.1) is 0 Å². The molecule has 182 valence electrons. The Balaban J connectivity index is 1.58. The summed E-state index contributed by atoms with van der Waals surface area (Å²) in [4.78, 5) is 35.9. The number of rotatable bonds is 11. The Hall–Kier alpha value is -3.49. The summed E-state index contributed by atoms with van der Waals surface area (Å²) >= 11 is 0. The molecule has 34 heavy (non-hydrogen) atoms. The number of benzene rings is 2. The largest absolute Gasteiger partial charge is 0.480 e. The van der Waals surface area contributed by atoms with Crippen LogP contribution in [0.2, 0.25) is 0 Å². The second-order valence-corrected chi connectivity index (χ2v) is 8.24. The van der Waals surface area contributed by atoms with E-state index in [2.05, 4.69) is 10.6 Å². The molecule has 3 rings (SSSR count). The smallest absolute Gasteiger partial charge is 0.407 e. The van der Waals surface area contributed by atoms with Gasteiger partial charge < -0.3 is 20.5 Å². The maximum atomic E-state index is 12.6. The molecule has 2 unspecified atom stereocenters. The summed E-state index contributed by atoms with van der Waals surface area (Å²) in [6.45, 7) is 1.97. The molecule has 0 saturated heterocycles. The normalized spacial score (nSPS) is 14.1. The van der Waals surface area contributed by atoms with Crippen LogP contribution >= 0.6 is 0 Å². The van der Waals surface area contributed by atoms with Crippen molar-refractivity contribution in [3.8, 4) is 11.1 Å². The second-order valence-electron chi connectivity index (χ2n) is 8.24. The minimum absolute atomic E-state index is 0.111. The predicted molar refractivity (Wildman–Crippen MR) is 122 cm³/mol. The first-order valence-electron chi connectivity index (χ1n) is 11.2. The Bertz CT molecular complexity index is 984. The lowest BCUT2D eigenvalue weighted by atomic mass is 9.98. The number of ether oxygens (including phenoxy) is 1. The number of fused-ring (bicyclic) bond motifs is 3. The fourth-order valence-electron chi connectivity index (χ4n) is 4.26. The first-order chi connectivity index (χ1) is 16.3. The average molecular weight is 475 g/mol. The Morgan fingerprint density at radius 1 is 1.00 bits per heavy atom. The maximum absolute atomic E-state index is 12.6. The van der Waals surface area contributed by atoms with Gasteiger partial charge in [0, 0.05) is 24.8 Å². The number of carboxylic acid groups (broad SMARTS) is 1. The van der Waals surface area contributed by atoms with Crippen molar-refractivity contribution in [3.63, 3.8) is 0 Å². The molecule has 0 spiro atoms. The summed E-state index contributed by atoms with van der Waals surface area (Å²) in [7, 11) is 0. The molecule has 0 saturated carbocycles. The van der Waals surface area contributed by atoms with Gasteiger partial charge in [-0.1, -0.05) is 61.9 Å². The standard InChI is InChI=1S/C25H28F2N2O5/c1-2-7-15(12-23(30)29-21(24(31)32)13-22(26)27)28-25(33)34-14-20-18-10-5-3-8-16(18)17-9-4-6-11-19(17)20/h3-6,8-11,15,20-22H,2,7,12-14H2,1H3,(H,28,33)(H,29,30)(H,31,32). The average Bonchev–Trinajstić information content (AvgIpc) is 3.11. The van der Waals surface area contributed by atoms with Gasteiger partial charge >= 0.3 is 12.1 Å². The van der Waals surface area contributed by atoms with Gasteiger partial charge in [0.15, 0.2) is 0 Å². The van der Waals surface area contributed by atoms with Crippen LogP contribution in [0.4, 0.5) is 13.6 Å². The molecule has 9 heteroatoms. The molecule has 2 amide bonds. The van der Waals surface area contributed by atoms with Crippen LogP contribution in [0.1, 0.15) is 49.7 Å². The van der Waals surface area contributed by atoms with Gasteiger partial charge in [0.05, 0.1) is 0 Å². The Labute approximate surface area is 196 Å². The van der Waals surface area contributed by atoms with E-state index in [1.807, 2.05) is 55.5 Å². The van der Waals surface area contributed by atoms with Crippen LogP contribution in [-0.4, -0.2) is 48.2 Å². The lowest BCUT2D eigenvalue weighted by Crippen LogP contribution is -2.45. The molecule has 1 aliphatic carbocycles. The molecule has 0 heterocycles. The van der Waals surface area contributed by atoms with Crippen molar-refractivity contribution >= 4 is 18.0 Å². The predicted octanol–water partition coefficient (Wildman–Crippen LogP) is 4.31. The monoisotopic (exact) mass is 474 g/mol. The van der Waals surface area contributed by atoms with Crippen LogP contribution < -0.4 is 10.6 Å². The summed E-state index contributed by atoms with van der Waals surface area (Å²) in [6.07, 6.45) is -3.72. The highest BCUT2D eigenvalue weighted by Gasteiger charge is 2.30. The number of alkyl carbamates (subject to hydrolysis) is 1. The van der Waals surface area contributed by atoms with Gasteiger partial charge in [-0.25, -0.2) is 18.4 Å². The molecular formula is C25H28F2N2O5. The molecule has 0 bridgehead atoms.